The molecule has 0 aromatic carbocycles. The van der Waals surface area contributed by atoms with Crippen molar-refractivity contribution >= 4 is 11.6 Å². The number of amides is 1. The molecule has 0 radical (unpaired) electrons. The largest absolute Gasteiger partial charge is 0.390 e. The summed E-state index contributed by atoms with van der Waals surface area (Å²) in [6, 6.07) is 3.66. The van der Waals surface area contributed by atoms with E-state index >= 15 is 0 Å². The van der Waals surface area contributed by atoms with Crippen LogP contribution in [0.15, 0.2) is 35.9 Å². The van der Waals surface area contributed by atoms with Gasteiger partial charge in [-0.15, -0.1) is 0 Å². The van der Waals surface area contributed by atoms with Crippen molar-refractivity contribution in [2.24, 2.45) is 5.16 Å². The molecule has 1 aliphatic rings. The second-order valence-electron chi connectivity index (χ2n) is 4.86. The summed E-state index contributed by atoms with van der Waals surface area (Å²) in [7, 11) is 0. The van der Waals surface area contributed by atoms with E-state index in [0.29, 0.717) is 12.2 Å². The van der Waals surface area contributed by atoms with Gasteiger partial charge in [-0.2, -0.15) is 5.10 Å². The summed E-state index contributed by atoms with van der Waals surface area (Å²) in [6.07, 6.45) is 5.62. The Morgan fingerprint density at radius 2 is 2.29 bits per heavy atom. The van der Waals surface area contributed by atoms with Crippen LogP contribution in [0.3, 0.4) is 0 Å². The SMILES string of the molecule is CC1=NOC(CNC(=O)c2[nH]ncc2-c2ccncc2)C1. The number of hydrogen-bond acceptors (Lipinski definition) is 5. The summed E-state index contributed by atoms with van der Waals surface area (Å²) in [6.45, 7) is 2.31. The zero-order valence-corrected chi connectivity index (χ0v) is 11.5. The minimum absolute atomic E-state index is 0.0961. The van der Waals surface area contributed by atoms with Gasteiger partial charge in [0.25, 0.3) is 5.91 Å². The Labute approximate surface area is 121 Å². The van der Waals surface area contributed by atoms with Crippen molar-refractivity contribution in [1.29, 1.82) is 0 Å². The average molecular weight is 285 g/mol. The molecule has 2 aromatic heterocycles. The lowest BCUT2D eigenvalue weighted by Gasteiger charge is -2.09. The van der Waals surface area contributed by atoms with E-state index < -0.39 is 0 Å². The van der Waals surface area contributed by atoms with Crippen LogP contribution in [-0.4, -0.2) is 39.4 Å². The van der Waals surface area contributed by atoms with Crippen LogP contribution in [0.1, 0.15) is 23.8 Å². The molecule has 108 valence electrons. The highest BCUT2D eigenvalue weighted by Gasteiger charge is 2.21. The number of aromatic nitrogens is 3. The number of nitrogens with one attached hydrogen (secondary N) is 2. The van der Waals surface area contributed by atoms with E-state index in [2.05, 4.69) is 25.7 Å². The van der Waals surface area contributed by atoms with Crippen LogP contribution in [0.2, 0.25) is 0 Å². The lowest BCUT2D eigenvalue weighted by Crippen LogP contribution is -2.32. The zero-order valence-electron chi connectivity index (χ0n) is 11.5. The molecule has 21 heavy (non-hydrogen) atoms. The van der Waals surface area contributed by atoms with Crippen molar-refractivity contribution in [3.05, 3.63) is 36.4 Å². The molecule has 1 aliphatic heterocycles. The molecule has 2 aromatic rings. The molecule has 7 nitrogen and oxygen atoms in total. The van der Waals surface area contributed by atoms with Crippen molar-refractivity contribution in [3.63, 3.8) is 0 Å². The van der Waals surface area contributed by atoms with Gasteiger partial charge in [-0.3, -0.25) is 14.9 Å². The van der Waals surface area contributed by atoms with E-state index in [1.54, 1.807) is 18.6 Å². The van der Waals surface area contributed by atoms with Gasteiger partial charge in [0.2, 0.25) is 0 Å². The van der Waals surface area contributed by atoms with Crippen molar-refractivity contribution in [2.75, 3.05) is 6.54 Å². The van der Waals surface area contributed by atoms with Gasteiger partial charge in [0.05, 0.1) is 18.5 Å². The number of oxime groups is 1. The van der Waals surface area contributed by atoms with Gasteiger partial charge in [0.15, 0.2) is 0 Å². The molecule has 1 atom stereocenters. The van der Waals surface area contributed by atoms with Gasteiger partial charge in [-0.05, 0) is 24.6 Å². The van der Waals surface area contributed by atoms with E-state index in [-0.39, 0.29) is 12.0 Å². The molecule has 0 saturated heterocycles. The summed E-state index contributed by atoms with van der Waals surface area (Å²) in [5.41, 5.74) is 3.00. The first-order valence-corrected chi connectivity index (χ1v) is 6.65. The number of pyridine rings is 1. The maximum absolute atomic E-state index is 12.2. The second kappa shape index (κ2) is 5.74. The summed E-state index contributed by atoms with van der Waals surface area (Å²) >= 11 is 0. The molecular weight excluding hydrogens is 270 g/mol. The molecule has 3 heterocycles. The molecule has 7 heteroatoms. The van der Waals surface area contributed by atoms with E-state index in [1.807, 2.05) is 19.1 Å². The van der Waals surface area contributed by atoms with Crippen molar-refractivity contribution < 1.29 is 9.63 Å². The van der Waals surface area contributed by atoms with Crippen molar-refractivity contribution in [3.8, 4) is 11.1 Å². The van der Waals surface area contributed by atoms with Crippen LogP contribution < -0.4 is 5.32 Å². The zero-order chi connectivity index (χ0) is 14.7. The van der Waals surface area contributed by atoms with Crippen LogP contribution in [0.25, 0.3) is 11.1 Å². The Hall–Kier alpha value is -2.70. The van der Waals surface area contributed by atoms with Gasteiger partial charge < -0.3 is 10.2 Å². The quantitative estimate of drug-likeness (QED) is 0.887. The third-order valence-electron chi connectivity index (χ3n) is 3.23. The monoisotopic (exact) mass is 285 g/mol. The Morgan fingerprint density at radius 3 is 3.00 bits per heavy atom. The summed E-state index contributed by atoms with van der Waals surface area (Å²) < 4.78 is 0. The summed E-state index contributed by atoms with van der Waals surface area (Å²) in [4.78, 5) is 21.4. The Balaban J connectivity index is 1.67. The lowest BCUT2D eigenvalue weighted by atomic mass is 10.1. The van der Waals surface area contributed by atoms with Crippen molar-refractivity contribution in [1.82, 2.24) is 20.5 Å². The number of H-pyrrole nitrogens is 1. The third kappa shape index (κ3) is 2.91. The average Bonchev–Trinajstić information content (AvgIpc) is 3.14. The first-order chi connectivity index (χ1) is 10.2. The molecule has 1 unspecified atom stereocenters. The fourth-order valence-electron chi connectivity index (χ4n) is 2.18. The number of carbonyl (C=O) groups is 1. The third-order valence-corrected chi connectivity index (χ3v) is 3.23. The molecule has 0 saturated carbocycles. The Morgan fingerprint density at radius 1 is 1.48 bits per heavy atom. The predicted octanol–water partition coefficient (Wildman–Crippen LogP) is 1.37. The summed E-state index contributed by atoms with van der Waals surface area (Å²) in [5, 5.41) is 13.4. The predicted molar refractivity (Wildman–Crippen MR) is 76.8 cm³/mol. The second-order valence-corrected chi connectivity index (χ2v) is 4.86. The molecule has 2 N–H and O–H groups in total. The first-order valence-electron chi connectivity index (χ1n) is 6.65. The minimum atomic E-state index is -0.215. The highest BCUT2D eigenvalue weighted by atomic mass is 16.6. The van der Waals surface area contributed by atoms with Crippen LogP contribution in [0, 0.1) is 0 Å². The fraction of sp³-hybridized carbons (Fsp3) is 0.286. The fourth-order valence-corrected chi connectivity index (χ4v) is 2.18. The molecule has 1 amide bonds. The minimum Gasteiger partial charge on any atom is -0.390 e. The van der Waals surface area contributed by atoms with Crippen LogP contribution in [-0.2, 0) is 4.84 Å². The normalized spacial score (nSPS) is 17.2. The van der Waals surface area contributed by atoms with Gasteiger partial charge in [-0.1, -0.05) is 5.16 Å². The number of carbonyl (C=O) groups excluding carboxylic acids is 1. The van der Waals surface area contributed by atoms with Gasteiger partial charge in [0.1, 0.15) is 11.8 Å². The van der Waals surface area contributed by atoms with Gasteiger partial charge in [-0.25, -0.2) is 0 Å². The van der Waals surface area contributed by atoms with Crippen LogP contribution >= 0.6 is 0 Å². The molecule has 3 rings (SSSR count). The Kier molecular flexibility index (Phi) is 3.63. The highest BCUT2D eigenvalue weighted by Crippen LogP contribution is 2.20. The van der Waals surface area contributed by atoms with E-state index in [4.69, 9.17) is 4.84 Å². The van der Waals surface area contributed by atoms with E-state index in [1.165, 1.54) is 0 Å². The molecular formula is C14H15N5O2. The summed E-state index contributed by atoms with van der Waals surface area (Å²) in [5.74, 6) is -0.215. The number of hydrogen-bond donors (Lipinski definition) is 2. The maximum Gasteiger partial charge on any atom is 0.270 e. The van der Waals surface area contributed by atoms with E-state index in [9.17, 15) is 4.79 Å². The Bertz CT molecular complexity index is 665. The van der Waals surface area contributed by atoms with Gasteiger partial charge >= 0.3 is 0 Å². The standard InChI is InChI=1S/C14H15N5O2/c1-9-6-11(21-19-9)7-16-14(20)13-12(8-17-18-13)10-2-4-15-5-3-10/h2-5,8,11H,6-7H2,1H3,(H,16,20)(H,17,18). The molecule has 0 aliphatic carbocycles. The lowest BCUT2D eigenvalue weighted by molar-refractivity contribution is 0.0751. The maximum atomic E-state index is 12.2. The molecule has 0 bridgehead atoms. The topological polar surface area (TPSA) is 92.3 Å². The number of rotatable bonds is 4. The number of nitrogens with zero attached hydrogens (tertiary/aromatic N) is 3. The molecule has 0 fully saturated rings. The smallest absolute Gasteiger partial charge is 0.270 e. The van der Waals surface area contributed by atoms with Crippen LogP contribution in [0.5, 0.6) is 0 Å². The highest BCUT2D eigenvalue weighted by molar-refractivity contribution is 5.98. The molecule has 0 spiro atoms. The van der Waals surface area contributed by atoms with E-state index in [0.717, 1.165) is 23.3 Å². The van der Waals surface area contributed by atoms with Gasteiger partial charge in [0, 0.05) is 24.4 Å². The van der Waals surface area contributed by atoms with Crippen LogP contribution in [0.4, 0.5) is 0 Å². The number of aromatic amines is 1. The first kappa shape index (κ1) is 13.3. The van der Waals surface area contributed by atoms with Crippen molar-refractivity contribution in [2.45, 2.75) is 19.4 Å².